The van der Waals surface area contributed by atoms with Crippen LogP contribution in [0.15, 0.2) is 36.7 Å². The Morgan fingerprint density at radius 1 is 1.15 bits per heavy atom. The lowest BCUT2D eigenvalue weighted by atomic mass is 9.94. The molecule has 1 aromatic carbocycles. The van der Waals surface area contributed by atoms with Gasteiger partial charge in [0.05, 0.1) is 0 Å². The summed E-state index contributed by atoms with van der Waals surface area (Å²) in [5, 5.41) is 3.45. The van der Waals surface area contributed by atoms with E-state index in [1.165, 1.54) is 27.8 Å². The minimum atomic E-state index is 0.342. The van der Waals surface area contributed by atoms with Crippen LogP contribution in [0.25, 0.3) is 0 Å². The van der Waals surface area contributed by atoms with Gasteiger partial charge in [-0.2, -0.15) is 0 Å². The van der Waals surface area contributed by atoms with E-state index >= 15 is 0 Å². The third-order valence-electron chi connectivity index (χ3n) is 3.77. The van der Waals surface area contributed by atoms with Gasteiger partial charge in [-0.05, 0) is 56.5 Å². The number of hydrogen-bond acceptors (Lipinski definition) is 2. The van der Waals surface area contributed by atoms with Crippen molar-refractivity contribution < 1.29 is 0 Å². The molecule has 0 saturated carbocycles. The Hall–Kier alpha value is -1.67. The quantitative estimate of drug-likeness (QED) is 0.893. The van der Waals surface area contributed by atoms with Crippen LogP contribution in [0.3, 0.4) is 0 Å². The molecule has 1 unspecified atom stereocenters. The fourth-order valence-electron chi connectivity index (χ4n) is 2.86. The first kappa shape index (κ1) is 14.7. The van der Waals surface area contributed by atoms with E-state index in [9.17, 15) is 0 Å². The van der Waals surface area contributed by atoms with E-state index in [0.29, 0.717) is 6.04 Å². The maximum absolute atomic E-state index is 4.24. The standard InChI is InChI=1S/C18H24N2/c1-5-16-12-20-7-6-17(16)18(19-4)11-15-9-13(2)8-14(3)10-15/h6-10,12,18-19H,5,11H2,1-4H3. The Kier molecular flexibility index (Phi) is 4.91. The zero-order valence-corrected chi connectivity index (χ0v) is 12.9. The molecule has 20 heavy (non-hydrogen) atoms. The Bertz CT molecular complexity index is 555. The Labute approximate surface area is 122 Å². The zero-order valence-electron chi connectivity index (χ0n) is 12.9. The second kappa shape index (κ2) is 6.67. The molecule has 1 atom stereocenters. The van der Waals surface area contributed by atoms with Crippen LogP contribution in [0.5, 0.6) is 0 Å². The average molecular weight is 268 g/mol. The van der Waals surface area contributed by atoms with E-state index in [0.717, 1.165) is 12.8 Å². The fourth-order valence-corrected chi connectivity index (χ4v) is 2.86. The number of aryl methyl sites for hydroxylation is 3. The van der Waals surface area contributed by atoms with Gasteiger partial charge in [0, 0.05) is 18.4 Å². The number of rotatable bonds is 5. The van der Waals surface area contributed by atoms with Crippen molar-refractivity contribution >= 4 is 0 Å². The molecule has 1 N–H and O–H groups in total. The SMILES string of the molecule is CCc1cnccc1C(Cc1cc(C)cc(C)c1)NC. The molecular formula is C18H24N2. The molecule has 0 amide bonds. The van der Waals surface area contributed by atoms with E-state index in [4.69, 9.17) is 0 Å². The van der Waals surface area contributed by atoms with Crippen molar-refractivity contribution in [2.75, 3.05) is 7.05 Å². The van der Waals surface area contributed by atoms with Crippen LogP contribution in [0, 0.1) is 13.8 Å². The molecule has 106 valence electrons. The topological polar surface area (TPSA) is 24.9 Å². The molecule has 1 heterocycles. The van der Waals surface area contributed by atoms with Crippen molar-refractivity contribution in [3.63, 3.8) is 0 Å². The maximum Gasteiger partial charge on any atom is 0.0362 e. The third-order valence-corrected chi connectivity index (χ3v) is 3.77. The first-order valence-corrected chi connectivity index (χ1v) is 7.31. The summed E-state index contributed by atoms with van der Waals surface area (Å²) >= 11 is 0. The van der Waals surface area contributed by atoms with Crippen LogP contribution in [0.1, 0.15) is 40.8 Å². The minimum Gasteiger partial charge on any atom is -0.313 e. The number of benzene rings is 1. The van der Waals surface area contributed by atoms with Crippen molar-refractivity contribution in [1.82, 2.24) is 10.3 Å². The fraction of sp³-hybridized carbons (Fsp3) is 0.389. The number of nitrogens with one attached hydrogen (secondary N) is 1. The summed E-state index contributed by atoms with van der Waals surface area (Å²) in [6, 6.07) is 9.27. The molecule has 1 aromatic heterocycles. The van der Waals surface area contributed by atoms with Crippen molar-refractivity contribution in [2.24, 2.45) is 0 Å². The molecule has 0 spiro atoms. The summed E-state index contributed by atoms with van der Waals surface area (Å²) in [5.41, 5.74) is 6.75. The van der Waals surface area contributed by atoms with Gasteiger partial charge in [-0.25, -0.2) is 0 Å². The number of pyridine rings is 1. The van der Waals surface area contributed by atoms with E-state index in [-0.39, 0.29) is 0 Å². The highest BCUT2D eigenvalue weighted by molar-refractivity contribution is 5.32. The molecule has 0 radical (unpaired) electrons. The molecule has 0 aliphatic heterocycles. The highest BCUT2D eigenvalue weighted by atomic mass is 14.9. The van der Waals surface area contributed by atoms with E-state index in [1.54, 1.807) is 0 Å². The largest absolute Gasteiger partial charge is 0.313 e. The van der Waals surface area contributed by atoms with Crippen LogP contribution < -0.4 is 5.32 Å². The number of nitrogens with zero attached hydrogens (tertiary/aromatic N) is 1. The van der Waals surface area contributed by atoms with Crippen molar-refractivity contribution in [2.45, 2.75) is 39.7 Å². The molecular weight excluding hydrogens is 244 g/mol. The lowest BCUT2D eigenvalue weighted by Crippen LogP contribution is -2.20. The molecule has 2 aromatic rings. The van der Waals surface area contributed by atoms with E-state index < -0.39 is 0 Å². The van der Waals surface area contributed by atoms with Crippen LogP contribution in [0.4, 0.5) is 0 Å². The van der Waals surface area contributed by atoms with Gasteiger partial charge < -0.3 is 5.32 Å². The summed E-state index contributed by atoms with van der Waals surface area (Å²) in [6.07, 6.45) is 5.91. The predicted octanol–water partition coefficient (Wildman–Crippen LogP) is 3.76. The Balaban J connectivity index is 2.28. The predicted molar refractivity (Wildman–Crippen MR) is 85.0 cm³/mol. The monoisotopic (exact) mass is 268 g/mol. The van der Waals surface area contributed by atoms with E-state index in [2.05, 4.69) is 55.3 Å². The summed E-state index contributed by atoms with van der Waals surface area (Å²) < 4.78 is 0. The molecule has 0 fully saturated rings. The summed E-state index contributed by atoms with van der Waals surface area (Å²) in [4.78, 5) is 4.24. The average Bonchev–Trinajstić information content (AvgIpc) is 2.43. The van der Waals surface area contributed by atoms with Crippen LogP contribution in [-0.4, -0.2) is 12.0 Å². The summed E-state index contributed by atoms with van der Waals surface area (Å²) in [6.45, 7) is 6.51. The molecule has 2 rings (SSSR count). The molecule has 0 saturated heterocycles. The van der Waals surface area contributed by atoms with Crippen LogP contribution in [-0.2, 0) is 12.8 Å². The van der Waals surface area contributed by atoms with Crippen LogP contribution >= 0.6 is 0 Å². The van der Waals surface area contributed by atoms with E-state index in [1.807, 2.05) is 19.4 Å². The summed E-state index contributed by atoms with van der Waals surface area (Å²) in [5.74, 6) is 0. The smallest absolute Gasteiger partial charge is 0.0362 e. The first-order valence-electron chi connectivity index (χ1n) is 7.31. The van der Waals surface area contributed by atoms with Crippen molar-refractivity contribution in [1.29, 1.82) is 0 Å². The Morgan fingerprint density at radius 3 is 2.45 bits per heavy atom. The normalized spacial score (nSPS) is 12.4. The third kappa shape index (κ3) is 3.45. The highest BCUT2D eigenvalue weighted by Gasteiger charge is 2.13. The van der Waals surface area contributed by atoms with Gasteiger partial charge in [0.15, 0.2) is 0 Å². The second-order valence-electron chi connectivity index (χ2n) is 5.47. The van der Waals surface area contributed by atoms with Gasteiger partial charge in [0.2, 0.25) is 0 Å². The number of aromatic nitrogens is 1. The van der Waals surface area contributed by atoms with Crippen LogP contribution in [0.2, 0.25) is 0 Å². The molecule has 2 heteroatoms. The molecule has 0 aliphatic carbocycles. The number of hydrogen-bond donors (Lipinski definition) is 1. The minimum absolute atomic E-state index is 0.342. The molecule has 0 bridgehead atoms. The summed E-state index contributed by atoms with van der Waals surface area (Å²) in [7, 11) is 2.03. The second-order valence-corrected chi connectivity index (χ2v) is 5.47. The maximum atomic E-state index is 4.24. The first-order chi connectivity index (χ1) is 9.63. The van der Waals surface area contributed by atoms with Crippen molar-refractivity contribution in [3.05, 3.63) is 64.5 Å². The highest BCUT2D eigenvalue weighted by Crippen LogP contribution is 2.22. The van der Waals surface area contributed by atoms with Gasteiger partial charge in [-0.3, -0.25) is 4.98 Å². The van der Waals surface area contributed by atoms with Crippen molar-refractivity contribution in [3.8, 4) is 0 Å². The zero-order chi connectivity index (χ0) is 14.5. The van der Waals surface area contributed by atoms with Gasteiger partial charge in [0.1, 0.15) is 0 Å². The van der Waals surface area contributed by atoms with Gasteiger partial charge in [0.25, 0.3) is 0 Å². The Morgan fingerprint density at radius 2 is 1.85 bits per heavy atom. The molecule has 0 aliphatic rings. The van der Waals surface area contributed by atoms with Gasteiger partial charge in [-0.1, -0.05) is 36.2 Å². The van der Waals surface area contributed by atoms with Gasteiger partial charge >= 0.3 is 0 Å². The molecule has 2 nitrogen and oxygen atoms in total. The lowest BCUT2D eigenvalue weighted by Gasteiger charge is -2.20. The van der Waals surface area contributed by atoms with Gasteiger partial charge in [-0.15, -0.1) is 0 Å². The lowest BCUT2D eigenvalue weighted by molar-refractivity contribution is 0.585. The number of likely N-dealkylation sites (N-methyl/N-ethyl adjacent to an activating group) is 1.